The summed E-state index contributed by atoms with van der Waals surface area (Å²) in [5.74, 6) is 1.07. The molecular weight excluding hydrogens is 260 g/mol. The van der Waals surface area contributed by atoms with Gasteiger partial charge in [0.25, 0.3) is 0 Å². The zero-order chi connectivity index (χ0) is 15.6. The van der Waals surface area contributed by atoms with E-state index in [0.717, 1.165) is 32.4 Å². The standard InChI is InChI=1S/C18H30N2O/c1-13(2)12-16-17(7-6-15(19-16)14(3)4)20-10-8-18(5,21)9-11-20/h6-7,13-14,21H,8-12H2,1-5H3. The highest BCUT2D eigenvalue weighted by molar-refractivity contribution is 5.52. The molecule has 0 atom stereocenters. The molecule has 21 heavy (non-hydrogen) atoms. The second kappa shape index (κ2) is 6.35. The second-order valence-electron chi connectivity index (χ2n) is 7.44. The van der Waals surface area contributed by atoms with Crippen LogP contribution in [0.4, 0.5) is 5.69 Å². The van der Waals surface area contributed by atoms with Crippen molar-refractivity contribution in [2.75, 3.05) is 18.0 Å². The fourth-order valence-corrected chi connectivity index (χ4v) is 2.89. The molecule has 0 amide bonds. The van der Waals surface area contributed by atoms with E-state index in [1.54, 1.807) is 0 Å². The fourth-order valence-electron chi connectivity index (χ4n) is 2.89. The first kappa shape index (κ1) is 16.3. The lowest BCUT2D eigenvalue weighted by Crippen LogP contribution is -2.43. The summed E-state index contributed by atoms with van der Waals surface area (Å²) in [5.41, 5.74) is 3.17. The van der Waals surface area contributed by atoms with E-state index in [4.69, 9.17) is 4.98 Å². The van der Waals surface area contributed by atoms with Crippen molar-refractivity contribution in [2.45, 2.75) is 65.4 Å². The smallest absolute Gasteiger partial charge is 0.0653 e. The molecule has 118 valence electrons. The normalized spacial score (nSPS) is 18.6. The van der Waals surface area contributed by atoms with Gasteiger partial charge in [0.15, 0.2) is 0 Å². The maximum absolute atomic E-state index is 10.1. The zero-order valence-electron chi connectivity index (χ0n) is 14.2. The summed E-state index contributed by atoms with van der Waals surface area (Å²) in [7, 11) is 0. The Hall–Kier alpha value is -1.09. The summed E-state index contributed by atoms with van der Waals surface area (Å²) in [6.45, 7) is 12.7. The fraction of sp³-hybridized carbons (Fsp3) is 0.722. The van der Waals surface area contributed by atoms with Gasteiger partial charge in [0, 0.05) is 18.8 Å². The third-order valence-electron chi connectivity index (χ3n) is 4.35. The van der Waals surface area contributed by atoms with E-state index in [9.17, 15) is 5.11 Å². The number of aromatic nitrogens is 1. The van der Waals surface area contributed by atoms with Crippen LogP contribution in [0.1, 0.15) is 64.8 Å². The molecule has 1 aliphatic heterocycles. The lowest BCUT2D eigenvalue weighted by atomic mass is 9.93. The van der Waals surface area contributed by atoms with Crippen molar-refractivity contribution >= 4 is 5.69 Å². The minimum Gasteiger partial charge on any atom is -0.390 e. The Labute approximate surface area is 129 Å². The van der Waals surface area contributed by atoms with E-state index in [2.05, 4.69) is 44.7 Å². The van der Waals surface area contributed by atoms with Crippen molar-refractivity contribution in [3.8, 4) is 0 Å². The van der Waals surface area contributed by atoms with Crippen LogP contribution in [-0.2, 0) is 6.42 Å². The highest BCUT2D eigenvalue weighted by Gasteiger charge is 2.28. The topological polar surface area (TPSA) is 36.4 Å². The average molecular weight is 290 g/mol. The summed E-state index contributed by atoms with van der Waals surface area (Å²) in [4.78, 5) is 7.32. The van der Waals surface area contributed by atoms with E-state index in [-0.39, 0.29) is 0 Å². The molecule has 0 saturated carbocycles. The molecule has 3 nitrogen and oxygen atoms in total. The van der Waals surface area contributed by atoms with Crippen molar-refractivity contribution < 1.29 is 5.11 Å². The first-order valence-electron chi connectivity index (χ1n) is 8.25. The van der Waals surface area contributed by atoms with Gasteiger partial charge in [-0.3, -0.25) is 4.98 Å². The molecule has 3 heteroatoms. The minimum absolute atomic E-state index is 0.465. The Kier molecular flexibility index (Phi) is 4.92. The van der Waals surface area contributed by atoms with E-state index in [1.807, 2.05) is 6.92 Å². The van der Waals surface area contributed by atoms with Gasteiger partial charge in [-0.1, -0.05) is 27.7 Å². The molecule has 1 aromatic rings. The quantitative estimate of drug-likeness (QED) is 0.917. The largest absolute Gasteiger partial charge is 0.390 e. The van der Waals surface area contributed by atoms with Crippen LogP contribution in [0.25, 0.3) is 0 Å². The van der Waals surface area contributed by atoms with Gasteiger partial charge in [0.05, 0.1) is 17.0 Å². The second-order valence-corrected chi connectivity index (χ2v) is 7.44. The summed E-state index contributed by atoms with van der Waals surface area (Å²) >= 11 is 0. The van der Waals surface area contributed by atoms with E-state index < -0.39 is 5.60 Å². The van der Waals surface area contributed by atoms with Crippen LogP contribution in [0.3, 0.4) is 0 Å². The molecule has 0 unspecified atom stereocenters. The predicted molar refractivity (Wildman–Crippen MR) is 88.9 cm³/mol. The lowest BCUT2D eigenvalue weighted by Gasteiger charge is -2.38. The van der Waals surface area contributed by atoms with Crippen molar-refractivity contribution in [1.29, 1.82) is 0 Å². The molecule has 1 aliphatic rings. The van der Waals surface area contributed by atoms with Crippen LogP contribution in [0.5, 0.6) is 0 Å². The van der Waals surface area contributed by atoms with Gasteiger partial charge in [-0.25, -0.2) is 0 Å². The number of aliphatic hydroxyl groups is 1. The van der Waals surface area contributed by atoms with E-state index in [1.165, 1.54) is 17.1 Å². The molecule has 1 fully saturated rings. The first-order chi connectivity index (χ1) is 9.78. The van der Waals surface area contributed by atoms with Crippen LogP contribution >= 0.6 is 0 Å². The number of piperidine rings is 1. The van der Waals surface area contributed by atoms with Crippen LogP contribution in [-0.4, -0.2) is 28.8 Å². The summed E-state index contributed by atoms with van der Waals surface area (Å²) < 4.78 is 0. The lowest BCUT2D eigenvalue weighted by molar-refractivity contribution is 0.0351. The third kappa shape index (κ3) is 4.19. The number of hydrogen-bond donors (Lipinski definition) is 1. The SMILES string of the molecule is CC(C)Cc1nc(C(C)C)ccc1N1CCC(C)(O)CC1. The highest BCUT2D eigenvalue weighted by atomic mass is 16.3. The number of pyridine rings is 1. The number of anilines is 1. The zero-order valence-corrected chi connectivity index (χ0v) is 14.2. The van der Waals surface area contributed by atoms with Gasteiger partial charge in [0.1, 0.15) is 0 Å². The van der Waals surface area contributed by atoms with Crippen LogP contribution in [0.15, 0.2) is 12.1 Å². The predicted octanol–water partition coefficient (Wildman–Crippen LogP) is 3.75. The number of hydrogen-bond acceptors (Lipinski definition) is 3. The van der Waals surface area contributed by atoms with E-state index >= 15 is 0 Å². The summed E-state index contributed by atoms with van der Waals surface area (Å²) in [6, 6.07) is 4.40. The van der Waals surface area contributed by atoms with Gasteiger partial charge in [-0.15, -0.1) is 0 Å². The Morgan fingerprint density at radius 1 is 1.19 bits per heavy atom. The molecule has 0 spiro atoms. The van der Waals surface area contributed by atoms with Gasteiger partial charge in [-0.2, -0.15) is 0 Å². The molecule has 0 bridgehead atoms. The first-order valence-corrected chi connectivity index (χ1v) is 8.25. The average Bonchev–Trinajstić information content (AvgIpc) is 2.38. The number of rotatable bonds is 4. The monoisotopic (exact) mass is 290 g/mol. The van der Waals surface area contributed by atoms with Crippen LogP contribution < -0.4 is 4.90 Å². The van der Waals surface area contributed by atoms with Gasteiger partial charge < -0.3 is 10.0 Å². The van der Waals surface area contributed by atoms with Crippen LogP contribution in [0.2, 0.25) is 0 Å². The van der Waals surface area contributed by atoms with Crippen molar-refractivity contribution in [3.05, 3.63) is 23.5 Å². The van der Waals surface area contributed by atoms with Crippen molar-refractivity contribution in [3.63, 3.8) is 0 Å². The van der Waals surface area contributed by atoms with Gasteiger partial charge >= 0.3 is 0 Å². The molecule has 1 aromatic heterocycles. The molecule has 0 aromatic carbocycles. The molecule has 1 N–H and O–H groups in total. The highest BCUT2D eigenvalue weighted by Crippen LogP contribution is 2.30. The van der Waals surface area contributed by atoms with Crippen molar-refractivity contribution in [2.24, 2.45) is 5.92 Å². The molecule has 1 saturated heterocycles. The minimum atomic E-state index is -0.500. The molecule has 0 aliphatic carbocycles. The summed E-state index contributed by atoms with van der Waals surface area (Å²) in [5, 5.41) is 10.1. The number of nitrogens with zero attached hydrogens (tertiary/aromatic N) is 2. The third-order valence-corrected chi connectivity index (χ3v) is 4.35. The Morgan fingerprint density at radius 2 is 1.81 bits per heavy atom. The Morgan fingerprint density at radius 3 is 2.33 bits per heavy atom. The maximum atomic E-state index is 10.1. The Balaban J connectivity index is 2.25. The van der Waals surface area contributed by atoms with Crippen LogP contribution in [0, 0.1) is 5.92 Å². The van der Waals surface area contributed by atoms with Gasteiger partial charge in [0.2, 0.25) is 0 Å². The van der Waals surface area contributed by atoms with Crippen molar-refractivity contribution in [1.82, 2.24) is 4.98 Å². The molecule has 0 radical (unpaired) electrons. The van der Waals surface area contributed by atoms with Gasteiger partial charge in [-0.05, 0) is 50.2 Å². The molecular formula is C18H30N2O. The summed E-state index contributed by atoms with van der Waals surface area (Å²) in [6.07, 6.45) is 2.68. The molecule has 2 rings (SSSR count). The maximum Gasteiger partial charge on any atom is 0.0653 e. The molecule has 2 heterocycles. The Bertz CT molecular complexity index is 470. The van der Waals surface area contributed by atoms with E-state index in [0.29, 0.717) is 11.8 Å².